The predicted octanol–water partition coefficient (Wildman–Crippen LogP) is 3.08. The Morgan fingerprint density at radius 2 is 2.18 bits per heavy atom. The van der Waals surface area contributed by atoms with Crippen molar-refractivity contribution in [2.75, 3.05) is 13.6 Å². The molecule has 1 saturated carbocycles. The van der Waals surface area contributed by atoms with E-state index in [4.69, 9.17) is 11.6 Å². The van der Waals surface area contributed by atoms with Gasteiger partial charge in [0.2, 0.25) is 0 Å². The molecule has 1 N–H and O–H groups in total. The van der Waals surface area contributed by atoms with Gasteiger partial charge in [-0.25, -0.2) is 0 Å². The van der Waals surface area contributed by atoms with Crippen molar-refractivity contribution in [3.63, 3.8) is 0 Å². The number of fused-ring (bicyclic) bond motifs is 1. The summed E-state index contributed by atoms with van der Waals surface area (Å²) in [6.45, 7) is 1.05. The van der Waals surface area contributed by atoms with Gasteiger partial charge in [0.15, 0.2) is 0 Å². The Hall–Kier alpha value is -0.990. The van der Waals surface area contributed by atoms with Gasteiger partial charge in [-0.2, -0.15) is 0 Å². The average Bonchev–Trinajstić information content (AvgIpc) is 2.99. The fourth-order valence-electron chi connectivity index (χ4n) is 2.82. The largest absolute Gasteiger partial charge is 0.350 e. The number of rotatable bonds is 3. The number of hydrogen-bond acceptors (Lipinski definition) is 1. The van der Waals surface area contributed by atoms with Crippen LogP contribution in [0, 0.1) is 0 Å². The molecule has 0 atom stereocenters. The molecule has 0 unspecified atom stereocenters. The summed E-state index contributed by atoms with van der Waals surface area (Å²) in [7, 11) is 4.13. The monoisotopic (exact) mass is 248 g/mol. The molecule has 0 aliphatic heterocycles. The summed E-state index contributed by atoms with van der Waals surface area (Å²) >= 11 is 6.12. The minimum Gasteiger partial charge on any atom is -0.350 e. The van der Waals surface area contributed by atoms with E-state index in [2.05, 4.69) is 35.3 Å². The van der Waals surface area contributed by atoms with E-state index in [0.717, 1.165) is 11.6 Å². The van der Waals surface area contributed by atoms with Gasteiger partial charge in [-0.15, -0.1) is 0 Å². The Kier molecular flexibility index (Phi) is 2.46. The molecule has 0 spiro atoms. The molecule has 2 nitrogen and oxygen atoms in total. The highest BCUT2D eigenvalue weighted by Crippen LogP contribution is 2.50. The molecule has 0 radical (unpaired) electrons. The predicted molar refractivity (Wildman–Crippen MR) is 72.8 cm³/mol. The first-order valence-corrected chi connectivity index (χ1v) is 6.44. The van der Waals surface area contributed by atoms with Crippen LogP contribution >= 0.6 is 11.6 Å². The van der Waals surface area contributed by atoms with E-state index in [9.17, 15) is 0 Å². The highest BCUT2D eigenvalue weighted by atomic mass is 35.5. The summed E-state index contributed by atoms with van der Waals surface area (Å²) in [6.07, 6.45) is 4.82. The molecule has 90 valence electrons. The molecular formula is C14H17ClN2. The van der Waals surface area contributed by atoms with Crippen LogP contribution < -0.4 is 5.32 Å². The van der Waals surface area contributed by atoms with Crippen molar-refractivity contribution >= 4 is 22.5 Å². The van der Waals surface area contributed by atoms with E-state index in [-0.39, 0.29) is 0 Å². The van der Waals surface area contributed by atoms with Gasteiger partial charge < -0.3 is 9.88 Å². The molecule has 2 aromatic rings. The Morgan fingerprint density at radius 3 is 2.82 bits per heavy atom. The van der Waals surface area contributed by atoms with Crippen LogP contribution in [-0.2, 0) is 12.5 Å². The second-order valence-electron chi connectivity index (χ2n) is 5.13. The van der Waals surface area contributed by atoms with Crippen molar-refractivity contribution in [2.45, 2.75) is 18.3 Å². The number of aromatic nitrogens is 1. The van der Waals surface area contributed by atoms with Gasteiger partial charge in [0.05, 0.1) is 0 Å². The van der Waals surface area contributed by atoms with Crippen molar-refractivity contribution in [3.8, 4) is 0 Å². The van der Waals surface area contributed by atoms with Crippen molar-refractivity contribution < 1.29 is 0 Å². The quantitative estimate of drug-likeness (QED) is 0.883. The van der Waals surface area contributed by atoms with E-state index >= 15 is 0 Å². The fraction of sp³-hybridized carbons (Fsp3) is 0.429. The molecule has 1 aromatic heterocycles. The van der Waals surface area contributed by atoms with Gasteiger partial charge in [0, 0.05) is 41.1 Å². The van der Waals surface area contributed by atoms with Crippen LogP contribution in [0.3, 0.4) is 0 Å². The highest BCUT2D eigenvalue weighted by Gasteiger charge is 2.45. The summed E-state index contributed by atoms with van der Waals surface area (Å²) in [6, 6.07) is 6.17. The molecule has 0 bridgehead atoms. The molecule has 3 rings (SSSR count). The molecule has 0 amide bonds. The van der Waals surface area contributed by atoms with Crippen molar-refractivity contribution in [3.05, 3.63) is 35.0 Å². The van der Waals surface area contributed by atoms with E-state index < -0.39 is 0 Å². The number of nitrogens with one attached hydrogen (secondary N) is 1. The first-order chi connectivity index (χ1) is 8.16. The summed E-state index contributed by atoms with van der Waals surface area (Å²) in [5, 5.41) is 5.45. The first kappa shape index (κ1) is 11.1. The van der Waals surface area contributed by atoms with Gasteiger partial charge in [0.25, 0.3) is 0 Å². The van der Waals surface area contributed by atoms with Crippen LogP contribution in [0.25, 0.3) is 10.9 Å². The van der Waals surface area contributed by atoms with Crippen molar-refractivity contribution in [1.82, 2.24) is 9.88 Å². The number of nitrogens with zero attached hydrogens (tertiary/aromatic N) is 1. The van der Waals surface area contributed by atoms with Crippen LogP contribution in [0.1, 0.15) is 18.4 Å². The second kappa shape index (κ2) is 3.76. The maximum Gasteiger partial charge on any atom is 0.0481 e. The lowest BCUT2D eigenvalue weighted by molar-refractivity contribution is 0.626. The molecule has 1 aliphatic carbocycles. The van der Waals surface area contributed by atoms with Crippen LogP contribution in [0.15, 0.2) is 24.4 Å². The molecule has 1 aromatic carbocycles. The molecule has 3 heteroatoms. The van der Waals surface area contributed by atoms with E-state index in [1.54, 1.807) is 0 Å². The zero-order valence-electron chi connectivity index (χ0n) is 10.3. The lowest BCUT2D eigenvalue weighted by Gasteiger charge is -2.13. The highest BCUT2D eigenvalue weighted by molar-refractivity contribution is 6.31. The molecule has 1 fully saturated rings. The Balaban J connectivity index is 2.20. The van der Waals surface area contributed by atoms with E-state index in [1.807, 2.05) is 13.1 Å². The normalized spacial score (nSPS) is 17.6. The third-order valence-electron chi connectivity index (χ3n) is 3.89. The maximum atomic E-state index is 6.12. The van der Waals surface area contributed by atoms with Crippen LogP contribution in [0.4, 0.5) is 0 Å². The van der Waals surface area contributed by atoms with Crippen molar-refractivity contribution in [1.29, 1.82) is 0 Å². The standard InChI is InChI=1S/C14H17ClN2/c1-16-9-14(5-6-14)12-8-17(2)13-4-3-10(15)7-11(12)13/h3-4,7-8,16H,5-6,9H2,1-2H3. The minimum atomic E-state index is 0.346. The zero-order chi connectivity index (χ0) is 12.0. The third kappa shape index (κ3) is 1.67. The van der Waals surface area contributed by atoms with Gasteiger partial charge in [-0.3, -0.25) is 0 Å². The molecular weight excluding hydrogens is 232 g/mol. The summed E-state index contributed by atoms with van der Waals surface area (Å²) in [5.74, 6) is 0. The topological polar surface area (TPSA) is 17.0 Å². The smallest absolute Gasteiger partial charge is 0.0481 e. The van der Waals surface area contributed by atoms with Gasteiger partial charge in [0.1, 0.15) is 0 Å². The van der Waals surface area contributed by atoms with Gasteiger partial charge >= 0.3 is 0 Å². The fourth-order valence-corrected chi connectivity index (χ4v) is 2.99. The summed E-state index contributed by atoms with van der Waals surface area (Å²) in [4.78, 5) is 0. The third-order valence-corrected chi connectivity index (χ3v) is 4.13. The molecule has 1 aliphatic rings. The lowest BCUT2D eigenvalue weighted by Crippen LogP contribution is -2.23. The lowest BCUT2D eigenvalue weighted by atomic mass is 9.95. The Labute approximate surface area is 107 Å². The second-order valence-corrected chi connectivity index (χ2v) is 5.56. The number of aryl methyl sites for hydroxylation is 1. The minimum absolute atomic E-state index is 0.346. The van der Waals surface area contributed by atoms with E-state index in [1.165, 1.54) is 29.3 Å². The summed E-state index contributed by atoms with van der Waals surface area (Å²) < 4.78 is 2.21. The SMILES string of the molecule is CNCC1(c2cn(C)c3ccc(Cl)cc23)CC1. The number of likely N-dealkylation sites (N-methyl/N-ethyl adjacent to an activating group) is 1. The zero-order valence-corrected chi connectivity index (χ0v) is 11.0. The first-order valence-electron chi connectivity index (χ1n) is 6.06. The number of benzene rings is 1. The average molecular weight is 249 g/mol. The Bertz CT molecular complexity index is 567. The van der Waals surface area contributed by atoms with Gasteiger partial charge in [-0.1, -0.05) is 11.6 Å². The Morgan fingerprint density at radius 1 is 1.41 bits per heavy atom. The maximum absolute atomic E-state index is 6.12. The molecule has 1 heterocycles. The van der Waals surface area contributed by atoms with Crippen molar-refractivity contribution in [2.24, 2.45) is 7.05 Å². The number of hydrogen-bond donors (Lipinski definition) is 1. The number of halogens is 1. The van der Waals surface area contributed by atoms with Crippen LogP contribution in [0.2, 0.25) is 5.02 Å². The summed E-state index contributed by atoms with van der Waals surface area (Å²) in [5.41, 5.74) is 3.07. The van der Waals surface area contributed by atoms with Gasteiger partial charge in [-0.05, 0) is 43.7 Å². The van der Waals surface area contributed by atoms with Crippen LogP contribution in [-0.4, -0.2) is 18.2 Å². The molecule has 0 saturated heterocycles. The molecule has 17 heavy (non-hydrogen) atoms. The van der Waals surface area contributed by atoms with Crippen LogP contribution in [0.5, 0.6) is 0 Å². The van der Waals surface area contributed by atoms with E-state index in [0.29, 0.717) is 5.41 Å².